The second-order valence-corrected chi connectivity index (χ2v) is 5.26. The molecule has 1 N–H and O–H groups in total. The van der Waals surface area contributed by atoms with Crippen LogP contribution in [0.3, 0.4) is 0 Å². The summed E-state index contributed by atoms with van der Waals surface area (Å²) < 4.78 is 5.77. The first-order valence-corrected chi connectivity index (χ1v) is 6.95. The second kappa shape index (κ2) is 6.53. The summed E-state index contributed by atoms with van der Waals surface area (Å²) in [6.45, 7) is 6.13. The van der Waals surface area contributed by atoms with E-state index in [2.05, 4.69) is 35.4 Å². The lowest BCUT2D eigenvalue weighted by atomic mass is 9.99. The van der Waals surface area contributed by atoms with E-state index in [9.17, 15) is 0 Å². The van der Waals surface area contributed by atoms with Crippen molar-refractivity contribution >= 4 is 0 Å². The fourth-order valence-corrected chi connectivity index (χ4v) is 2.30. The molecule has 0 saturated carbocycles. The Kier molecular flexibility index (Phi) is 4.74. The Balaban J connectivity index is 2.32. The molecule has 1 unspecified atom stereocenters. The summed E-state index contributed by atoms with van der Waals surface area (Å²) in [5.74, 6) is 0.901. The van der Waals surface area contributed by atoms with Gasteiger partial charge in [-0.15, -0.1) is 0 Å². The predicted octanol–water partition coefficient (Wildman–Crippen LogP) is 3.49. The van der Waals surface area contributed by atoms with Gasteiger partial charge in [0.1, 0.15) is 5.75 Å². The lowest BCUT2D eigenvalue weighted by molar-refractivity contribution is 0.242. The summed E-state index contributed by atoms with van der Waals surface area (Å²) in [5, 5.41) is 3.35. The van der Waals surface area contributed by atoms with Crippen LogP contribution in [0.4, 0.5) is 0 Å². The standard InChI is InChI=1S/C17H22N2O/c1-12(2)20-16-7-5-6-14(9-16)17(18-4)15-8-13(3)10-19-11-15/h5-12,17-18H,1-4H3. The van der Waals surface area contributed by atoms with Crippen LogP contribution >= 0.6 is 0 Å². The molecule has 0 bridgehead atoms. The first kappa shape index (κ1) is 14.5. The number of aromatic nitrogens is 1. The molecule has 1 aromatic carbocycles. The van der Waals surface area contributed by atoms with E-state index < -0.39 is 0 Å². The smallest absolute Gasteiger partial charge is 0.120 e. The number of benzene rings is 1. The van der Waals surface area contributed by atoms with Gasteiger partial charge in [0, 0.05) is 12.4 Å². The fourth-order valence-electron chi connectivity index (χ4n) is 2.30. The zero-order valence-corrected chi connectivity index (χ0v) is 12.6. The minimum atomic E-state index is 0.123. The first-order valence-electron chi connectivity index (χ1n) is 6.95. The number of hydrogen-bond donors (Lipinski definition) is 1. The van der Waals surface area contributed by atoms with Gasteiger partial charge < -0.3 is 10.1 Å². The molecule has 0 aliphatic carbocycles. The van der Waals surface area contributed by atoms with Crippen molar-refractivity contribution in [3.8, 4) is 5.75 Å². The molecule has 1 aromatic heterocycles. The van der Waals surface area contributed by atoms with Gasteiger partial charge in [-0.25, -0.2) is 0 Å². The largest absolute Gasteiger partial charge is 0.491 e. The Morgan fingerprint density at radius 3 is 2.55 bits per heavy atom. The van der Waals surface area contributed by atoms with E-state index in [1.807, 2.05) is 45.4 Å². The average Bonchev–Trinajstić information content (AvgIpc) is 2.39. The highest BCUT2D eigenvalue weighted by atomic mass is 16.5. The van der Waals surface area contributed by atoms with E-state index in [0.717, 1.165) is 16.9 Å². The zero-order valence-electron chi connectivity index (χ0n) is 12.6. The number of ether oxygens (including phenoxy) is 1. The Labute approximate surface area is 121 Å². The van der Waals surface area contributed by atoms with Gasteiger partial charge in [-0.1, -0.05) is 18.2 Å². The van der Waals surface area contributed by atoms with Crippen LogP contribution in [-0.2, 0) is 0 Å². The van der Waals surface area contributed by atoms with Crippen LogP contribution < -0.4 is 10.1 Å². The number of aryl methyl sites for hydroxylation is 1. The molecule has 0 radical (unpaired) electrons. The van der Waals surface area contributed by atoms with E-state index in [1.165, 1.54) is 5.56 Å². The van der Waals surface area contributed by atoms with Crippen molar-refractivity contribution in [2.24, 2.45) is 0 Å². The van der Waals surface area contributed by atoms with E-state index in [0.29, 0.717) is 0 Å². The molecule has 2 aromatic rings. The van der Waals surface area contributed by atoms with Gasteiger partial charge in [-0.05, 0) is 56.6 Å². The molecule has 0 aliphatic rings. The number of nitrogens with zero attached hydrogens (tertiary/aromatic N) is 1. The van der Waals surface area contributed by atoms with E-state index >= 15 is 0 Å². The Hall–Kier alpha value is -1.87. The highest BCUT2D eigenvalue weighted by molar-refractivity contribution is 5.36. The molecule has 106 valence electrons. The van der Waals surface area contributed by atoms with Crippen molar-refractivity contribution in [3.63, 3.8) is 0 Å². The molecule has 0 amide bonds. The summed E-state index contributed by atoms with van der Waals surface area (Å²) in [6.07, 6.45) is 3.96. The van der Waals surface area contributed by atoms with Crippen molar-refractivity contribution in [1.82, 2.24) is 10.3 Å². The van der Waals surface area contributed by atoms with E-state index in [1.54, 1.807) is 0 Å². The third kappa shape index (κ3) is 3.58. The van der Waals surface area contributed by atoms with Crippen LogP contribution in [0.25, 0.3) is 0 Å². The molecule has 1 heterocycles. The Morgan fingerprint density at radius 2 is 1.90 bits per heavy atom. The maximum absolute atomic E-state index is 5.77. The topological polar surface area (TPSA) is 34.2 Å². The normalized spacial score (nSPS) is 12.4. The molecule has 1 atom stereocenters. The van der Waals surface area contributed by atoms with Crippen molar-refractivity contribution in [1.29, 1.82) is 0 Å². The molecule has 0 fully saturated rings. The van der Waals surface area contributed by atoms with Crippen molar-refractivity contribution < 1.29 is 4.74 Å². The van der Waals surface area contributed by atoms with Crippen LogP contribution in [0.5, 0.6) is 5.75 Å². The van der Waals surface area contributed by atoms with E-state index in [-0.39, 0.29) is 12.1 Å². The number of hydrogen-bond acceptors (Lipinski definition) is 3. The molecule has 0 saturated heterocycles. The predicted molar refractivity (Wildman–Crippen MR) is 82.1 cm³/mol. The summed E-state index contributed by atoms with van der Waals surface area (Å²) >= 11 is 0. The zero-order chi connectivity index (χ0) is 14.5. The maximum Gasteiger partial charge on any atom is 0.120 e. The maximum atomic E-state index is 5.77. The fraction of sp³-hybridized carbons (Fsp3) is 0.353. The highest BCUT2D eigenvalue weighted by Crippen LogP contribution is 2.25. The van der Waals surface area contributed by atoms with Crippen LogP contribution in [-0.4, -0.2) is 18.1 Å². The first-order chi connectivity index (χ1) is 9.60. The van der Waals surface area contributed by atoms with Crippen molar-refractivity contribution in [2.75, 3.05) is 7.05 Å². The Bertz CT molecular complexity index is 566. The second-order valence-electron chi connectivity index (χ2n) is 5.26. The number of rotatable bonds is 5. The minimum absolute atomic E-state index is 0.123. The van der Waals surface area contributed by atoms with E-state index in [4.69, 9.17) is 4.74 Å². The summed E-state index contributed by atoms with van der Waals surface area (Å²) in [4.78, 5) is 4.28. The lowest BCUT2D eigenvalue weighted by Gasteiger charge is -2.19. The van der Waals surface area contributed by atoms with Gasteiger partial charge in [-0.3, -0.25) is 4.98 Å². The van der Waals surface area contributed by atoms with Crippen molar-refractivity contribution in [2.45, 2.75) is 32.9 Å². The molecule has 0 aliphatic heterocycles. The van der Waals surface area contributed by atoms with Crippen LogP contribution in [0, 0.1) is 6.92 Å². The van der Waals surface area contributed by atoms with Crippen LogP contribution in [0.15, 0.2) is 42.7 Å². The summed E-state index contributed by atoms with van der Waals surface area (Å²) in [7, 11) is 1.96. The van der Waals surface area contributed by atoms with Gasteiger partial charge in [-0.2, -0.15) is 0 Å². The van der Waals surface area contributed by atoms with Crippen LogP contribution in [0.1, 0.15) is 36.6 Å². The molecule has 3 heteroatoms. The van der Waals surface area contributed by atoms with Gasteiger partial charge in [0.2, 0.25) is 0 Å². The molecule has 20 heavy (non-hydrogen) atoms. The van der Waals surface area contributed by atoms with Gasteiger partial charge in [0.25, 0.3) is 0 Å². The van der Waals surface area contributed by atoms with Gasteiger partial charge >= 0.3 is 0 Å². The quantitative estimate of drug-likeness (QED) is 0.903. The molecule has 3 nitrogen and oxygen atoms in total. The number of nitrogens with one attached hydrogen (secondary N) is 1. The molecular formula is C17H22N2O. The monoisotopic (exact) mass is 270 g/mol. The third-order valence-electron chi connectivity index (χ3n) is 3.08. The summed E-state index contributed by atoms with van der Waals surface area (Å²) in [5.41, 5.74) is 3.50. The molecular weight excluding hydrogens is 248 g/mol. The lowest BCUT2D eigenvalue weighted by Crippen LogP contribution is -2.18. The van der Waals surface area contributed by atoms with Gasteiger partial charge in [0.05, 0.1) is 12.1 Å². The van der Waals surface area contributed by atoms with Crippen LogP contribution in [0.2, 0.25) is 0 Å². The number of pyridine rings is 1. The van der Waals surface area contributed by atoms with Gasteiger partial charge in [0.15, 0.2) is 0 Å². The molecule has 2 rings (SSSR count). The third-order valence-corrected chi connectivity index (χ3v) is 3.08. The average molecular weight is 270 g/mol. The highest BCUT2D eigenvalue weighted by Gasteiger charge is 2.13. The minimum Gasteiger partial charge on any atom is -0.491 e. The molecule has 0 spiro atoms. The summed E-state index contributed by atoms with van der Waals surface area (Å²) in [6, 6.07) is 10.5. The van der Waals surface area contributed by atoms with Crippen molar-refractivity contribution in [3.05, 3.63) is 59.4 Å². The SMILES string of the molecule is CNC(c1cncc(C)c1)c1cccc(OC(C)C)c1. The Morgan fingerprint density at radius 1 is 1.10 bits per heavy atom.